The molecule has 1 aromatic rings. The molecule has 19 heavy (non-hydrogen) atoms. The van der Waals surface area contributed by atoms with Crippen molar-refractivity contribution < 1.29 is 5.11 Å². The molecule has 1 fully saturated rings. The molecule has 0 amide bonds. The van der Waals surface area contributed by atoms with Crippen molar-refractivity contribution >= 4 is 0 Å². The van der Waals surface area contributed by atoms with Gasteiger partial charge in [-0.2, -0.15) is 0 Å². The number of β-amino-alcohol motifs (C(OH)–C–C–N with tert-alkyl or cyclic N) is 1. The summed E-state index contributed by atoms with van der Waals surface area (Å²) in [5.74, 6) is 1.55. The molecule has 1 aromatic carbocycles. The van der Waals surface area contributed by atoms with E-state index in [0.29, 0.717) is 0 Å². The van der Waals surface area contributed by atoms with E-state index < -0.39 is 0 Å². The molecule has 1 aliphatic rings. The van der Waals surface area contributed by atoms with Crippen molar-refractivity contribution in [1.82, 2.24) is 4.90 Å². The van der Waals surface area contributed by atoms with Crippen molar-refractivity contribution in [2.24, 2.45) is 11.8 Å². The Morgan fingerprint density at radius 3 is 2.58 bits per heavy atom. The van der Waals surface area contributed by atoms with Gasteiger partial charge < -0.3 is 10.0 Å². The van der Waals surface area contributed by atoms with Gasteiger partial charge in [0.1, 0.15) is 0 Å². The maximum Gasteiger partial charge on any atom is 0.0917 e. The third-order valence-electron chi connectivity index (χ3n) is 4.60. The lowest BCUT2D eigenvalue weighted by atomic mass is 9.95. The first-order valence-electron chi connectivity index (χ1n) is 7.45. The number of aryl methyl sites for hydroxylation is 2. The third-order valence-corrected chi connectivity index (χ3v) is 4.60. The second kappa shape index (κ2) is 6.06. The van der Waals surface area contributed by atoms with Crippen LogP contribution in [-0.2, 0) is 0 Å². The second-order valence-electron chi connectivity index (χ2n) is 6.41. The Morgan fingerprint density at radius 2 is 2.00 bits per heavy atom. The van der Waals surface area contributed by atoms with Gasteiger partial charge in [-0.25, -0.2) is 0 Å². The van der Waals surface area contributed by atoms with Crippen LogP contribution in [-0.4, -0.2) is 29.6 Å². The third kappa shape index (κ3) is 3.58. The average Bonchev–Trinajstić information content (AvgIpc) is 2.81. The predicted octanol–water partition coefficient (Wildman–Crippen LogP) is 3.31. The molecule has 0 bridgehead atoms. The minimum absolute atomic E-state index is 0.356. The summed E-state index contributed by atoms with van der Waals surface area (Å²) < 4.78 is 0. The highest BCUT2D eigenvalue weighted by atomic mass is 16.3. The molecule has 2 unspecified atom stereocenters. The summed E-state index contributed by atoms with van der Waals surface area (Å²) in [5, 5.41) is 10.4. The van der Waals surface area contributed by atoms with Gasteiger partial charge >= 0.3 is 0 Å². The number of nitrogens with zero attached hydrogens (tertiary/aromatic N) is 1. The molecule has 1 heterocycles. The molecule has 0 aliphatic carbocycles. The summed E-state index contributed by atoms with van der Waals surface area (Å²) in [5.41, 5.74) is 3.60. The lowest BCUT2D eigenvalue weighted by Gasteiger charge is -2.21. The van der Waals surface area contributed by atoms with Gasteiger partial charge in [0, 0.05) is 13.1 Å². The first-order valence-corrected chi connectivity index (χ1v) is 7.45. The van der Waals surface area contributed by atoms with Crippen LogP contribution in [0.1, 0.15) is 43.1 Å². The SMILES string of the molecule is Cc1ccc(C(O)CN2CCC(C(C)C)C2)cc1C. The zero-order valence-corrected chi connectivity index (χ0v) is 12.7. The van der Waals surface area contributed by atoms with Crippen LogP contribution < -0.4 is 0 Å². The maximum absolute atomic E-state index is 10.4. The van der Waals surface area contributed by atoms with Crippen molar-refractivity contribution in [3.63, 3.8) is 0 Å². The van der Waals surface area contributed by atoms with Crippen LogP contribution in [0.5, 0.6) is 0 Å². The van der Waals surface area contributed by atoms with Crippen LogP contribution in [0.3, 0.4) is 0 Å². The standard InChI is InChI=1S/C17H27NO/c1-12(2)16-7-8-18(10-16)11-17(19)15-6-5-13(3)14(4)9-15/h5-6,9,12,16-17,19H,7-8,10-11H2,1-4H3. The number of hydrogen-bond acceptors (Lipinski definition) is 2. The molecule has 2 atom stereocenters. The molecule has 0 aromatic heterocycles. The van der Waals surface area contributed by atoms with E-state index in [0.717, 1.165) is 37.0 Å². The smallest absolute Gasteiger partial charge is 0.0917 e. The van der Waals surface area contributed by atoms with Crippen molar-refractivity contribution in [2.75, 3.05) is 19.6 Å². The molecular formula is C17H27NO. The minimum atomic E-state index is -0.356. The maximum atomic E-state index is 10.4. The highest BCUT2D eigenvalue weighted by molar-refractivity contribution is 5.31. The topological polar surface area (TPSA) is 23.5 Å². The average molecular weight is 261 g/mol. The molecule has 0 spiro atoms. The number of rotatable bonds is 4. The lowest BCUT2D eigenvalue weighted by molar-refractivity contribution is 0.122. The van der Waals surface area contributed by atoms with Crippen molar-refractivity contribution in [1.29, 1.82) is 0 Å². The van der Waals surface area contributed by atoms with E-state index in [1.807, 2.05) is 0 Å². The minimum Gasteiger partial charge on any atom is -0.387 e. The van der Waals surface area contributed by atoms with Gasteiger partial charge in [-0.05, 0) is 55.3 Å². The Morgan fingerprint density at radius 1 is 1.26 bits per heavy atom. The summed E-state index contributed by atoms with van der Waals surface area (Å²) >= 11 is 0. The Hall–Kier alpha value is -0.860. The van der Waals surface area contributed by atoms with Gasteiger partial charge in [-0.3, -0.25) is 0 Å². The first-order chi connectivity index (χ1) is 8.97. The molecule has 106 valence electrons. The number of likely N-dealkylation sites (tertiary alicyclic amines) is 1. The zero-order valence-electron chi connectivity index (χ0n) is 12.7. The fraction of sp³-hybridized carbons (Fsp3) is 0.647. The summed E-state index contributed by atoms with van der Waals surface area (Å²) in [7, 11) is 0. The molecule has 2 heteroatoms. The number of aliphatic hydroxyl groups is 1. The Labute approximate surface area is 117 Å². The van der Waals surface area contributed by atoms with Gasteiger partial charge in [0.05, 0.1) is 6.10 Å². The predicted molar refractivity (Wildman–Crippen MR) is 80.3 cm³/mol. The van der Waals surface area contributed by atoms with Gasteiger partial charge in [0.15, 0.2) is 0 Å². The van der Waals surface area contributed by atoms with Crippen LogP contribution in [0.15, 0.2) is 18.2 Å². The van der Waals surface area contributed by atoms with Gasteiger partial charge in [0.2, 0.25) is 0 Å². The molecule has 1 aliphatic heterocycles. The molecule has 1 N–H and O–H groups in total. The van der Waals surface area contributed by atoms with Crippen LogP contribution >= 0.6 is 0 Å². The Kier molecular flexibility index (Phi) is 4.64. The molecule has 2 rings (SSSR count). The highest BCUT2D eigenvalue weighted by Crippen LogP contribution is 2.26. The van der Waals surface area contributed by atoms with E-state index in [1.54, 1.807) is 0 Å². The van der Waals surface area contributed by atoms with E-state index in [4.69, 9.17) is 0 Å². The quantitative estimate of drug-likeness (QED) is 0.899. The van der Waals surface area contributed by atoms with Crippen LogP contribution in [0, 0.1) is 25.7 Å². The van der Waals surface area contributed by atoms with Gasteiger partial charge in [-0.15, -0.1) is 0 Å². The molecule has 1 saturated heterocycles. The molecule has 0 radical (unpaired) electrons. The van der Waals surface area contributed by atoms with E-state index in [9.17, 15) is 5.11 Å². The van der Waals surface area contributed by atoms with E-state index >= 15 is 0 Å². The summed E-state index contributed by atoms with van der Waals surface area (Å²) in [4.78, 5) is 2.41. The number of hydrogen-bond donors (Lipinski definition) is 1. The lowest BCUT2D eigenvalue weighted by Crippen LogP contribution is -2.27. The van der Waals surface area contributed by atoms with Crippen molar-refractivity contribution in [3.8, 4) is 0 Å². The van der Waals surface area contributed by atoms with E-state index in [-0.39, 0.29) is 6.10 Å². The second-order valence-corrected chi connectivity index (χ2v) is 6.41. The Balaban J connectivity index is 1.94. The number of aliphatic hydroxyl groups excluding tert-OH is 1. The van der Waals surface area contributed by atoms with Crippen LogP contribution in [0.2, 0.25) is 0 Å². The summed E-state index contributed by atoms with van der Waals surface area (Å²) in [6, 6.07) is 6.29. The van der Waals surface area contributed by atoms with Crippen LogP contribution in [0.25, 0.3) is 0 Å². The van der Waals surface area contributed by atoms with Gasteiger partial charge in [0.25, 0.3) is 0 Å². The molecular weight excluding hydrogens is 234 g/mol. The van der Waals surface area contributed by atoms with Crippen LogP contribution in [0.4, 0.5) is 0 Å². The fourth-order valence-electron chi connectivity index (χ4n) is 2.89. The monoisotopic (exact) mass is 261 g/mol. The van der Waals surface area contributed by atoms with Crippen molar-refractivity contribution in [3.05, 3.63) is 34.9 Å². The zero-order chi connectivity index (χ0) is 14.0. The molecule has 0 saturated carbocycles. The number of benzene rings is 1. The largest absolute Gasteiger partial charge is 0.387 e. The Bertz CT molecular complexity index is 427. The highest BCUT2D eigenvalue weighted by Gasteiger charge is 2.26. The van der Waals surface area contributed by atoms with Gasteiger partial charge in [-0.1, -0.05) is 32.0 Å². The molecule has 2 nitrogen and oxygen atoms in total. The summed E-state index contributed by atoms with van der Waals surface area (Å²) in [6.45, 7) is 11.9. The van der Waals surface area contributed by atoms with Crippen molar-refractivity contribution in [2.45, 2.75) is 40.2 Å². The fourth-order valence-corrected chi connectivity index (χ4v) is 2.89. The van der Waals surface area contributed by atoms with E-state index in [1.165, 1.54) is 17.5 Å². The normalized spacial score (nSPS) is 22.1. The summed E-state index contributed by atoms with van der Waals surface area (Å²) in [6.07, 6.45) is 0.919. The van der Waals surface area contributed by atoms with E-state index in [2.05, 4.69) is 50.8 Å². The first kappa shape index (κ1) is 14.5.